The van der Waals surface area contributed by atoms with Gasteiger partial charge in [0.1, 0.15) is 0 Å². The number of imide groups is 1. The summed E-state index contributed by atoms with van der Waals surface area (Å²) in [6, 6.07) is 6.08. The van der Waals surface area contributed by atoms with Crippen molar-refractivity contribution in [2.45, 2.75) is 39.5 Å². The van der Waals surface area contributed by atoms with Crippen LogP contribution in [0.2, 0.25) is 0 Å². The fourth-order valence-corrected chi connectivity index (χ4v) is 6.06. The van der Waals surface area contributed by atoms with Crippen LogP contribution >= 0.6 is 0 Å². The zero-order valence-electron chi connectivity index (χ0n) is 17.1. The maximum absolute atomic E-state index is 13.0. The summed E-state index contributed by atoms with van der Waals surface area (Å²) in [6.45, 7) is 4.32. The molecule has 0 aromatic heterocycles. The van der Waals surface area contributed by atoms with Crippen LogP contribution in [0.25, 0.3) is 0 Å². The Balaban J connectivity index is 1.26. The van der Waals surface area contributed by atoms with Crippen molar-refractivity contribution >= 4 is 23.4 Å². The van der Waals surface area contributed by atoms with Crippen LogP contribution in [0.4, 0.5) is 5.69 Å². The van der Waals surface area contributed by atoms with Crippen molar-refractivity contribution < 1.29 is 14.4 Å². The number of hydrogen-bond donors (Lipinski definition) is 1. The largest absolute Gasteiger partial charge is 0.326 e. The molecule has 0 radical (unpaired) electrons. The Hall–Kier alpha value is -2.43. The molecule has 1 aliphatic heterocycles. The molecule has 4 aliphatic carbocycles. The normalized spacial score (nSPS) is 33.7. The molecule has 5 aliphatic rings. The maximum atomic E-state index is 13.0. The van der Waals surface area contributed by atoms with Crippen LogP contribution in [0.3, 0.4) is 0 Å². The fourth-order valence-electron chi connectivity index (χ4n) is 6.06. The molecule has 0 unspecified atom stereocenters. The number of nitrogens with one attached hydrogen (secondary N) is 1. The van der Waals surface area contributed by atoms with Crippen LogP contribution in [0, 0.1) is 35.5 Å². The van der Waals surface area contributed by atoms with E-state index in [1.807, 2.05) is 18.2 Å². The summed E-state index contributed by atoms with van der Waals surface area (Å²) in [5, 5.41) is 3.04. The number of likely N-dealkylation sites (tertiary alicyclic amines) is 1. The Morgan fingerprint density at radius 3 is 2.07 bits per heavy atom. The lowest BCUT2D eigenvalue weighted by Crippen LogP contribution is -2.40. The Labute approximate surface area is 171 Å². The third kappa shape index (κ3) is 2.77. The summed E-state index contributed by atoms with van der Waals surface area (Å²) in [7, 11) is 0. The van der Waals surface area contributed by atoms with Crippen LogP contribution in [0.1, 0.15) is 37.8 Å². The van der Waals surface area contributed by atoms with Crippen LogP contribution < -0.4 is 5.32 Å². The summed E-state index contributed by atoms with van der Waals surface area (Å²) in [4.78, 5) is 40.1. The lowest BCUT2D eigenvalue weighted by Gasteiger charge is -2.37. The first-order valence-corrected chi connectivity index (χ1v) is 11.0. The summed E-state index contributed by atoms with van der Waals surface area (Å²) in [6.07, 6.45) is 7.34. The minimum absolute atomic E-state index is 0.0549. The standard InChI is InChI=1S/C24H28N2O3/c1-3-13-6-5-7-14(4-2)22(13)25-19(27)10-11-26-23(28)20-15-8-9-16(18-12-17(15)18)21(20)24(26)29/h5-9,15-18,20-21H,3-4,10-12H2,1-2H3,(H,25,27)/t15-,16-,17-,18-,20-,21+/m1/s1. The van der Waals surface area contributed by atoms with Crippen molar-refractivity contribution in [1.82, 2.24) is 4.90 Å². The van der Waals surface area contributed by atoms with Crippen molar-refractivity contribution in [2.24, 2.45) is 35.5 Å². The van der Waals surface area contributed by atoms with Gasteiger partial charge in [-0.15, -0.1) is 0 Å². The molecule has 2 saturated carbocycles. The predicted octanol–water partition coefficient (Wildman–Crippen LogP) is 3.19. The Morgan fingerprint density at radius 1 is 1.00 bits per heavy atom. The first kappa shape index (κ1) is 18.6. The van der Waals surface area contributed by atoms with E-state index in [0.717, 1.165) is 36.1 Å². The zero-order valence-corrected chi connectivity index (χ0v) is 17.1. The number of nitrogens with zero attached hydrogens (tertiary/aromatic N) is 1. The van der Waals surface area contributed by atoms with Crippen LogP contribution in [0.15, 0.2) is 30.4 Å². The van der Waals surface area contributed by atoms with Gasteiger partial charge in [-0.3, -0.25) is 19.3 Å². The van der Waals surface area contributed by atoms with Crippen molar-refractivity contribution in [2.75, 3.05) is 11.9 Å². The molecule has 1 aromatic rings. The number of para-hydroxylation sites is 1. The van der Waals surface area contributed by atoms with E-state index >= 15 is 0 Å². The van der Waals surface area contributed by atoms with Crippen molar-refractivity contribution in [3.63, 3.8) is 0 Å². The van der Waals surface area contributed by atoms with Crippen molar-refractivity contribution in [1.29, 1.82) is 0 Å². The van der Waals surface area contributed by atoms with E-state index in [1.165, 1.54) is 4.90 Å². The van der Waals surface area contributed by atoms with E-state index in [2.05, 4.69) is 31.3 Å². The Morgan fingerprint density at radius 2 is 1.55 bits per heavy atom. The highest BCUT2D eigenvalue weighted by Gasteiger charge is 2.66. The minimum Gasteiger partial charge on any atom is -0.326 e. The van der Waals surface area contributed by atoms with E-state index in [9.17, 15) is 14.4 Å². The van der Waals surface area contributed by atoms with Gasteiger partial charge >= 0.3 is 0 Å². The van der Waals surface area contributed by atoms with Gasteiger partial charge in [0.05, 0.1) is 11.8 Å². The highest BCUT2D eigenvalue weighted by Crippen LogP contribution is 2.65. The summed E-state index contributed by atoms with van der Waals surface area (Å²) in [5.41, 5.74) is 3.11. The number of carbonyl (C=O) groups excluding carboxylic acids is 3. The van der Waals surface area contributed by atoms with E-state index in [0.29, 0.717) is 11.8 Å². The topological polar surface area (TPSA) is 66.5 Å². The predicted molar refractivity (Wildman–Crippen MR) is 110 cm³/mol. The monoisotopic (exact) mass is 392 g/mol. The van der Waals surface area contributed by atoms with E-state index in [-0.39, 0.29) is 54.4 Å². The van der Waals surface area contributed by atoms with E-state index in [4.69, 9.17) is 0 Å². The maximum Gasteiger partial charge on any atom is 0.233 e. The summed E-state index contributed by atoms with van der Waals surface area (Å²) >= 11 is 0. The molecule has 5 heteroatoms. The van der Waals surface area contributed by atoms with Gasteiger partial charge in [-0.25, -0.2) is 0 Å². The molecule has 5 nitrogen and oxygen atoms in total. The van der Waals surface area contributed by atoms with Crippen molar-refractivity contribution in [3.8, 4) is 0 Å². The average molecular weight is 392 g/mol. The molecule has 29 heavy (non-hydrogen) atoms. The van der Waals surface area contributed by atoms with E-state index < -0.39 is 0 Å². The second-order valence-corrected chi connectivity index (χ2v) is 8.94. The molecule has 1 saturated heterocycles. The zero-order chi connectivity index (χ0) is 20.3. The number of rotatable bonds is 6. The first-order chi connectivity index (χ1) is 14.0. The molecule has 6 rings (SSSR count). The Bertz CT molecular complexity index is 862. The highest BCUT2D eigenvalue weighted by atomic mass is 16.2. The first-order valence-electron chi connectivity index (χ1n) is 11.0. The molecule has 152 valence electrons. The van der Waals surface area contributed by atoms with Gasteiger partial charge < -0.3 is 5.32 Å². The van der Waals surface area contributed by atoms with Crippen LogP contribution in [-0.2, 0) is 27.2 Å². The fraction of sp³-hybridized carbons (Fsp3) is 0.542. The number of hydrogen-bond acceptors (Lipinski definition) is 3. The van der Waals surface area contributed by atoms with Gasteiger partial charge in [-0.05, 0) is 54.1 Å². The third-order valence-corrected chi connectivity index (χ3v) is 7.58. The quantitative estimate of drug-likeness (QED) is 0.597. The highest BCUT2D eigenvalue weighted by molar-refractivity contribution is 6.06. The number of allylic oxidation sites excluding steroid dienone is 2. The SMILES string of the molecule is CCc1cccc(CC)c1NC(=O)CCN1C(=O)[C@@H]2[C@@H]3C=C[C@H]([C@H]4C[C@H]34)[C@@H]2C1=O. The average Bonchev–Trinajstić information content (AvgIpc) is 3.51. The van der Waals surface area contributed by atoms with Crippen molar-refractivity contribution in [3.05, 3.63) is 41.5 Å². The van der Waals surface area contributed by atoms with Gasteiger partial charge in [0, 0.05) is 18.7 Å². The number of carbonyl (C=O) groups is 3. The smallest absolute Gasteiger partial charge is 0.233 e. The molecule has 2 bridgehead atoms. The molecule has 0 spiro atoms. The third-order valence-electron chi connectivity index (χ3n) is 7.58. The Kier molecular flexibility index (Phi) is 4.37. The van der Waals surface area contributed by atoms with Gasteiger partial charge in [-0.1, -0.05) is 44.2 Å². The lowest BCUT2D eigenvalue weighted by molar-refractivity contribution is -0.140. The van der Waals surface area contributed by atoms with Crippen LogP contribution in [0.5, 0.6) is 0 Å². The van der Waals surface area contributed by atoms with Gasteiger partial charge in [0.25, 0.3) is 0 Å². The van der Waals surface area contributed by atoms with Gasteiger partial charge in [0.2, 0.25) is 17.7 Å². The number of amides is 3. The number of benzene rings is 1. The molecule has 1 aromatic carbocycles. The van der Waals surface area contributed by atoms with Gasteiger partial charge in [0.15, 0.2) is 0 Å². The molecule has 6 atom stereocenters. The molecule has 3 fully saturated rings. The second-order valence-electron chi connectivity index (χ2n) is 8.94. The molecular weight excluding hydrogens is 364 g/mol. The number of aryl methyl sites for hydroxylation is 2. The summed E-state index contributed by atoms with van der Waals surface area (Å²) in [5.74, 6) is 1.05. The van der Waals surface area contributed by atoms with E-state index in [1.54, 1.807) is 0 Å². The molecule has 3 amide bonds. The molecular formula is C24H28N2O3. The lowest BCUT2D eigenvalue weighted by atomic mass is 9.63. The minimum atomic E-state index is -0.183. The second kappa shape index (κ2) is 6.82. The molecule has 1 heterocycles. The number of anilines is 1. The van der Waals surface area contributed by atoms with Crippen LogP contribution in [-0.4, -0.2) is 29.2 Å². The van der Waals surface area contributed by atoms with Gasteiger partial charge in [-0.2, -0.15) is 0 Å². The molecule has 1 N–H and O–H groups in total. The summed E-state index contributed by atoms with van der Waals surface area (Å²) < 4.78 is 0.